The summed E-state index contributed by atoms with van der Waals surface area (Å²) in [5.41, 5.74) is -3.91. The number of esters is 6. The van der Waals surface area contributed by atoms with Gasteiger partial charge in [0.1, 0.15) is 16.8 Å². The lowest BCUT2D eigenvalue weighted by Gasteiger charge is -2.60. The van der Waals surface area contributed by atoms with E-state index < -0.39 is 62.4 Å². The first kappa shape index (κ1) is 107. The third-order valence-electron chi connectivity index (χ3n) is 26.7. The molecular weight excluding hydrogens is 1340 g/mol. The summed E-state index contributed by atoms with van der Waals surface area (Å²) in [4.78, 5) is 84.5. The summed E-state index contributed by atoms with van der Waals surface area (Å²) in [6.07, 6.45) is 26.2. The molecule has 13 rings (SSSR count). The van der Waals surface area contributed by atoms with Crippen molar-refractivity contribution in [2.24, 2.45) is 79.3 Å². The van der Waals surface area contributed by atoms with Crippen molar-refractivity contribution in [1.29, 1.82) is 0 Å². The molecule has 1 N–H and O–H groups in total. The second kappa shape index (κ2) is 39.7. The van der Waals surface area contributed by atoms with Crippen LogP contribution in [-0.4, -0.2) is 113 Å². The minimum Gasteiger partial charge on any atom is -0.463 e. The molecule has 18 heteroatoms. The molecule has 2 saturated heterocycles. The molecule has 0 aromatic heterocycles. The zero-order valence-corrected chi connectivity index (χ0v) is 62.7. The van der Waals surface area contributed by atoms with E-state index in [-0.39, 0.29) is 148 Å². The van der Waals surface area contributed by atoms with Crippen molar-refractivity contribution in [3.63, 3.8) is 0 Å². The van der Waals surface area contributed by atoms with Crippen LogP contribution in [0, 0.1) is 79.3 Å². The number of carbonyl (C=O) groups is 7. The highest BCUT2D eigenvalue weighted by Gasteiger charge is 2.72. The molecule has 2 heterocycles. The Morgan fingerprint density at radius 3 is 1.34 bits per heavy atom. The molecule has 104 heavy (non-hydrogen) atoms. The van der Waals surface area contributed by atoms with Crippen LogP contribution >= 0.6 is 0 Å². The van der Waals surface area contributed by atoms with Crippen LogP contribution in [0.1, 0.15) is 379 Å². The lowest BCUT2D eigenvalue weighted by molar-refractivity contribution is -0.225. The van der Waals surface area contributed by atoms with E-state index in [0.717, 1.165) is 106 Å². The standard InChI is InChI=1S/C18H29NO5S.C18H30O2.C16H26O3.C14H26O2.C10H16O4.10CH4/c1-6-16(2,3)15(21)24-10-14(20)19-13-9-12-7-8-18(13,17(12,4)5)11-25(19,22)23;1-5-17(3,4)16(19)20-18(6-2)14-8-12-7-13(10-14)11-15(18)9-12;1-4-14(2,3)13(17)19-16-8-11-5-12(9-16)7-15(18,6-11)10-16;1-5-13(3,4)12(15)16-14(6-2)10-8-7-9-11-14;1-4-10(2,3)9(12)14-7-5-6-13-8(7)11;;;;;;;;;;/h12-13H,6-11H2,1-5H3;12-15H,5-11H2,1-4H3;11-12,18H,4-10H2,1-3H3;5-11H2,1-4H3;7H,4-6H2,1-3H3;10*1H4. The predicted molar refractivity (Wildman–Crippen MR) is 429 cm³/mol. The Morgan fingerprint density at radius 1 is 0.510 bits per heavy atom. The van der Waals surface area contributed by atoms with E-state index in [1.165, 1.54) is 57.8 Å². The summed E-state index contributed by atoms with van der Waals surface area (Å²) >= 11 is 0. The average Bonchev–Trinajstić information content (AvgIpc) is 1.50. The van der Waals surface area contributed by atoms with Crippen LogP contribution in [0.5, 0.6) is 0 Å². The number of amides is 1. The van der Waals surface area contributed by atoms with E-state index in [9.17, 15) is 47.1 Å². The molecule has 618 valence electrons. The van der Waals surface area contributed by atoms with E-state index >= 15 is 0 Å². The van der Waals surface area contributed by atoms with Crippen molar-refractivity contribution < 1.29 is 75.5 Å². The van der Waals surface area contributed by atoms with Crippen LogP contribution in [-0.2, 0) is 72.0 Å². The normalized spacial score (nSPS) is 30.8. The quantitative estimate of drug-likeness (QED) is 0.0992. The molecule has 10 bridgehead atoms. The third kappa shape index (κ3) is 22.3. The van der Waals surface area contributed by atoms with Gasteiger partial charge in [-0.15, -0.1) is 0 Å². The Bertz CT molecular complexity index is 2800. The zero-order chi connectivity index (χ0) is 70.3. The molecule has 6 atom stereocenters. The van der Waals surface area contributed by atoms with E-state index in [4.69, 9.17) is 28.4 Å². The summed E-state index contributed by atoms with van der Waals surface area (Å²) in [7, 11) is -3.66. The van der Waals surface area contributed by atoms with Crippen molar-refractivity contribution in [3.05, 3.63) is 0 Å². The van der Waals surface area contributed by atoms with Crippen molar-refractivity contribution in [2.45, 2.75) is 414 Å². The molecule has 6 unspecified atom stereocenters. The van der Waals surface area contributed by atoms with Gasteiger partial charge in [-0.3, -0.25) is 28.8 Å². The van der Waals surface area contributed by atoms with Crippen molar-refractivity contribution in [1.82, 2.24) is 4.31 Å². The van der Waals surface area contributed by atoms with Crippen LogP contribution in [0.25, 0.3) is 0 Å². The van der Waals surface area contributed by atoms with Crippen molar-refractivity contribution in [2.75, 3.05) is 19.0 Å². The second-order valence-electron chi connectivity index (χ2n) is 35.2. The van der Waals surface area contributed by atoms with Crippen molar-refractivity contribution >= 4 is 51.7 Å². The molecular formula is C86H167NO16S. The SMILES string of the molecule is C.C.C.C.C.C.C.C.C.C.CCC(C)(C)C(=O)OC1(CC)C2CC3CC(C2)CC1C3.CCC(C)(C)C(=O)OC12CC3CC(CC(O)(C3)C1)C2.CCC(C)(C)C(=O)OC1CCOC1=O.CCC(C)(C)C(=O)OCC(=O)N1C2CC3CCC2(CS1(=O)=O)C3(C)C.CCC1(OC(=O)C(C)(C)CC)CCCCC1. The monoisotopic (exact) mass is 1500 g/mol. The van der Waals surface area contributed by atoms with Crippen LogP contribution < -0.4 is 0 Å². The van der Waals surface area contributed by atoms with Crippen LogP contribution in [0.3, 0.4) is 0 Å². The largest absolute Gasteiger partial charge is 0.463 e. The minimum atomic E-state index is -3.66. The van der Waals surface area contributed by atoms with E-state index in [2.05, 4.69) is 34.6 Å². The number of aliphatic hydroxyl groups is 1. The van der Waals surface area contributed by atoms with Gasteiger partial charge in [0.15, 0.2) is 6.61 Å². The topological polar surface area (TPSA) is 232 Å². The maximum absolute atomic E-state index is 12.7. The van der Waals surface area contributed by atoms with Gasteiger partial charge in [0.05, 0.1) is 51.1 Å². The number of sulfonamides is 1. The molecule has 13 aliphatic rings. The zero-order valence-electron chi connectivity index (χ0n) is 61.8. The highest BCUT2D eigenvalue weighted by Crippen LogP contribution is 2.70. The molecule has 0 radical (unpaired) electrons. The number of hydrogen-bond acceptors (Lipinski definition) is 16. The molecule has 13 fully saturated rings. The lowest BCUT2D eigenvalue weighted by Crippen LogP contribution is -2.61. The van der Waals surface area contributed by atoms with E-state index in [1.54, 1.807) is 27.7 Å². The second-order valence-corrected chi connectivity index (χ2v) is 37.0. The molecule has 17 nitrogen and oxygen atoms in total. The van der Waals surface area contributed by atoms with Gasteiger partial charge in [-0.05, 0) is 270 Å². The summed E-state index contributed by atoms with van der Waals surface area (Å²) in [6, 6.07) is -0.281. The number of carbonyl (C=O) groups excluding carboxylic acids is 7. The first-order valence-electron chi connectivity index (χ1n) is 37.0. The fourth-order valence-corrected chi connectivity index (χ4v) is 20.9. The molecule has 11 aliphatic carbocycles. The highest BCUT2D eigenvalue weighted by atomic mass is 32.2. The van der Waals surface area contributed by atoms with Gasteiger partial charge in [-0.25, -0.2) is 17.5 Å². The molecule has 1 amide bonds. The van der Waals surface area contributed by atoms with Gasteiger partial charge in [0, 0.05) is 18.3 Å². The average molecular weight is 1500 g/mol. The number of ether oxygens (including phenoxy) is 6. The van der Waals surface area contributed by atoms with Crippen LogP contribution in [0.15, 0.2) is 0 Å². The Kier molecular flexibility index (Phi) is 40.7. The van der Waals surface area contributed by atoms with Crippen molar-refractivity contribution in [3.8, 4) is 0 Å². The summed E-state index contributed by atoms with van der Waals surface area (Å²) in [5, 5.41) is 10.6. The van der Waals surface area contributed by atoms with Gasteiger partial charge >= 0.3 is 35.8 Å². The predicted octanol–water partition coefficient (Wildman–Crippen LogP) is 21.7. The Labute approximate surface area is 640 Å². The van der Waals surface area contributed by atoms with Gasteiger partial charge in [0.25, 0.3) is 5.91 Å². The summed E-state index contributed by atoms with van der Waals surface area (Å²) in [5.74, 6) is 2.84. The number of hydrogen-bond donors (Lipinski definition) is 1. The fourth-order valence-electron chi connectivity index (χ4n) is 18.4. The minimum absolute atomic E-state index is 0. The van der Waals surface area contributed by atoms with Gasteiger partial charge in [-0.2, -0.15) is 0 Å². The Hall–Kier alpha value is -3.80. The van der Waals surface area contributed by atoms with Gasteiger partial charge in [-0.1, -0.05) is 143 Å². The Morgan fingerprint density at radius 2 is 0.933 bits per heavy atom. The van der Waals surface area contributed by atoms with Gasteiger partial charge in [0.2, 0.25) is 16.1 Å². The first-order valence-corrected chi connectivity index (χ1v) is 38.6. The fraction of sp³-hybridized carbons (Fsp3) is 0.919. The maximum atomic E-state index is 12.7. The molecule has 0 aromatic rings. The molecule has 2 aliphatic heterocycles. The van der Waals surface area contributed by atoms with Crippen LogP contribution in [0.2, 0.25) is 0 Å². The van der Waals surface area contributed by atoms with E-state index in [0.29, 0.717) is 61.9 Å². The lowest BCUT2D eigenvalue weighted by atomic mass is 9.49. The molecule has 0 aromatic carbocycles. The first-order chi connectivity index (χ1) is 43.5. The van der Waals surface area contributed by atoms with Crippen LogP contribution in [0.4, 0.5) is 0 Å². The number of cyclic esters (lactones) is 1. The van der Waals surface area contributed by atoms with Gasteiger partial charge < -0.3 is 33.5 Å². The molecule has 11 saturated carbocycles. The number of rotatable bonds is 18. The number of nitrogens with zero attached hydrogens (tertiary/aromatic N) is 1. The molecule has 1 spiro atoms. The summed E-state index contributed by atoms with van der Waals surface area (Å²) < 4.78 is 59.6. The Balaban J connectivity index is -0.000000594. The number of fused-ring (bicyclic) bond motifs is 1. The smallest absolute Gasteiger partial charge is 0.347 e. The maximum Gasteiger partial charge on any atom is 0.347 e. The van der Waals surface area contributed by atoms with E-state index in [1.807, 2.05) is 69.2 Å². The highest BCUT2D eigenvalue weighted by molar-refractivity contribution is 7.90. The third-order valence-corrected chi connectivity index (χ3v) is 28.6. The summed E-state index contributed by atoms with van der Waals surface area (Å²) in [6.45, 7) is 37.4.